The van der Waals surface area contributed by atoms with Gasteiger partial charge >= 0.3 is 0 Å². The van der Waals surface area contributed by atoms with Crippen LogP contribution in [0.25, 0.3) is 0 Å². The molecule has 0 spiro atoms. The van der Waals surface area contributed by atoms with Crippen LogP contribution in [0.1, 0.15) is 29.3 Å². The Hall–Kier alpha value is -1.69. The number of H-pyrrole nitrogens is 1. The van der Waals surface area contributed by atoms with Crippen LogP contribution in [0.5, 0.6) is 0 Å². The summed E-state index contributed by atoms with van der Waals surface area (Å²) in [6.07, 6.45) is 4.15. The highest BCUT2D eigenvalue weighted by Gasteiger charge is 2.10. The van der Waals surface area contributed by atoms with Crippen molar-refractivity contribution in [1.29, 1.82) is 0 Å². The second-order valence-electron chi connectivity index (χ2n) is 4.07. The van der Waals surface area contributed by atoms with Gasteiger partial charge in [-0.2, -0.15) is 0 Å². The van der Waals surface area contributed by atoms with Crippen molar-refractivity contribution in [2.75, 3.05) is 19.6 Å². The lowest BCUT2D eigenvalue weighted by Gasteiger charge is -2.13. The van der Waals surface area contributed by atoms with Gasteiger partial charge in [0.05, 0.1) is 0 Å². The van der Waals surface area contributed by atoms with E-state index < -0.39 is 0 Å². The number of carbonyl (C=O) groups is 1. The molecule has 0 saturated carbocycles. The second kappa shape index (κ2) is 5.58. The van der Waals surface area contributed by atoms with Gasteiger partial charge in [-0.3, -0.25) is 9.89 Å². The Morgan fingerprint density at radius 3 is 3.12 bits per heavy atom. The number of aryl methyl sites for hydroxylation is 1. The predicted molar refractivity (Wildman–Crippen MR) is 63.6 cm³/mol. The maximum Gasteiger partial charge on any atom is 0.290 e. The van der Waals surface area contributed by atoms with Crippen LogP contribution in [0.2, 0.25) is 0 Å². The first-order valence-electron chi connectivity index (χ1n) is 5.81. The minimum Gasteiger partial charge on any atom is -0.349 e. The number of nitrogens with one attached hydrogen (secondary N) is 3. The SMILES string of the molecule is Cc1nc(C(=O)NCCC2=CCNCC2)n[nH]1. The van der Waals surface area contributed by atoms with Gasteiger partial charge in [-0.25, -0.2) is 4.98 Å². The first kappa shape index (κ1) is 11.8. The number of amides is 1. The molecule has 0 atom stereocenters. The largest absolute Gasteiger partial charge is 0.349 e. The fourth-order valence-electron chi connectivity index (χ4n) is 1.76. The molecule has 0 radical (unpaired) electrons. The number of aromatic nitrogens is 3. The second-order valence-corrected chi connectivity index (χ2v) is 4.07. The standard InChI is InChI=1S/C11H17N5O/c1-8-14-10(16-15-8)11(17)13-7-4-9-2-5-12-6-3-9/h2,12H,3-7H2,1H3,(H,13,17)(H,14,15,16). The molecule has 6 heteroatoms. The zero-order chi connectivity index (χ0) is 12.1. The van der Waals surface area contributed by atoms with Crippen molar-refractivity contribution >= 4 is 5.91 Å². The fraction of sp³-hybridized carbons (Fsp3) is 0.545. The van der Waals surface area contributed by atoms with Gasteiger partial charge in [0.1, 0.15) is 5.82 Å². The smallest absolute Gasteiger partial charge is 0.290 e. The lowest BCUT2D eigenvalue weighted by molar-refractivity contribution is 0.0944. The Morgan fingerprint density at radius 1 is 1.59 bits per heavy atom. The molecular formula is C11H17N5O. The summed E-state index contributed by atoms with van der Waals surface area (Å²) in [6.45, 7) is 4.37. The number of hydrogen-bond donors (Lipinski definition) is 3. The Bertz CT molecular complexity index is 423. The molecule has 0 fully saturated rings. The monoisotopic (exact) mass is 235 g/mol. The van der Waals surface area contributed by atoms with E-state index >= 15 is 0 Å². The molecule has 3 N–H and O–H groups in total. The summed E-state index contributed by atoms with van der Waals surface area (Å²) in [6, 6.07) is 0. The molecule has 1 amide bonds. The predicted octanol–water partition coefficient (Wildman–Crippen LogP) is 0.153. The Balaban J connectivity index is 1.75. The summed E-state index contributed by atoms with van der Waals surface area (Å²) in [5, 5.41) is 12.5. The van der Waals surface area contributed by atoms with Crippen molar-refractivity contribution in [3.63, 3.8) is 0 Å². The van der Waals surface area contributed by atoms with E-state index in [-0.39, 0.29) is 11.7 Å². The van der Waals surface area contributed by atoms with Gasteiger partial charge in [0, 0.05) is 13.1 Å². The van der Waals surface area contributed by atoms with Crippen LogP contribution >= 0.6 is 0 Å². The lowest BCUT2D eigenvalue weighted by Crippen LogP contribution is -2.27. The molecule has 0 aromatic carbocycles. The Kier molecular flexibility index (Phi) is 3.87. The van der Waals surface area contributed by atoms with Crippen molar-refractivity contribution in [2.24, 2.45) is 0 Å². The molecule has 1 aliphatic rings. The van der Waals surface area contributed by atoms with E-state index in [9.17, 15) is 4.79 Å². The van der Waals surface area contributed by atoms with Crippen LogP contribution in [-0.2, 0) is 0 Å². The number of rotatable bonds is 4. The summed E-state index contributed by atoms with van der Waals surface area (Å²) in [4.78, 5) is 15.6. The van der Waals surface area contributed by atoms with Gasteiger partial charge in [-0.05, 0) is 26.3 Å². The lowest BCUT2D eigenvalue weighted by atomic mass is 10.1. The molecule has 2 rings (SSSR count). The highest BCUT2D eigenvalue weighted by molar-refractivity contribution is 5.90. The van der Waals surface area contributed by atoms with E-state index in [1.807, 2.05) is 0 Å². The maximum absolute atomic E-state index is 11.6. The normalized spacial score (nSPS) is 15.5. The third-order valence-corrected chi connectivity index (χ3v) is 2.69. The van der Waals surface area contributed by atoms with E-state index in [1.165, 1.54) is 5.57 Å². The number of aromatic amines is 1. The average Bonchev–Trinajstić information content (AvgIpc) is 2.77. The van der Waals surface area contributed by atoms with Gasteiger partial charge in [0.2, 0.25) is 5.82 Å². The first-order valence-corrected chi connectivity index (χ1v) is 5.81. The molecule has 0 unspecified atom stereocenters. The maximum atomic E-state index is 11.6. The van der Waals surface area contributed by atoms with Crippen LogP contribution in [0, 0.1) is 6.92 Å². The summed E-state index contributed by atoms with van der Waals surface area (Å²) in [5.74, 6) is 0.641. The summed E-state index contributed by atoms with van der Waals surface area (Å²) < 4.78 is 0. The van der Waals surface area contributed by atoms with Crippen LogP contribution in [0.4, 0.5) is 0 Å². The molecule has 6 nitrogen and oxygen atoms in total. The summed E-state index contributed by atoms with van der Waals surface area (Å²) >= 11 is 0. The van der Waals surface area contributed by atoms with Gasteiger partial charge in [0.25, 0.3) is 5.91 Å². The van der Waals surface area contributed by atoms with Gasteiger partial charge in [0.15, 0.2) is 0 Å². The van der Waals surface area contributed by atoms with E-state index in [0.29, 0.717) is 12.4 Å². The minimum absolute atomic E-state index is 0.210. The first-order chi connectivity index (χ1) is 8.25. The van der Waals surface area contributed by atoms with Crippen LogP contribution in [0.15, 0.2) is 11.6 Å². The molecule has 1 aliphatic heterocycles. The van der Waals surface area contributed by atoms with Gasteiger partial charge in [-0.1, -0.05) is 11.6 Å². The molecule has 1 aromatic rings. The fourth-order valence-corrected chi connectivity index (χ4v) is 1.76. The van der Waals surface area contributed by atoms with Gasteiger partial charge in [-0.15, -0.1) is 5.10 Å². The molecule has 0 aliphatic carbocycles. The zero-order valence-electron chi connectivity index (χ0n) is 9.92. The van der Waals surface area contributed by atoms with Crippen molar-refractivity contribution in [2.45, 2.75) is 19.8 Å². The van der Waals surface area contributed by atoms with Crippen LogP contribution < -0.4 is 10.6 Å². The minimum atomic E-state index is -0.219. The van der Waals surface area contributed by atoms with Crippen LogP contribution in [-0.4, -0.2) is 40.7 Å². The van der Waals surface area contributed by atoms with Crippen molar-refractivity contribution in [3.05, 3.63) is 23.3 Å². The highest BCUT2D eigenvalue weighted by atomic mass is 16.2. The third kappa shape index (κ3) is 3.39. The Labute approximate surface area is 99.9 Å². The van der Waals surface area contributed by atoms with E-state index in [2.05, 4.69) is 31.9 Å². The van der Waals surface area contributed by atoms with E-state index in [1.54, 1.807) is 6.92 Å². The molecule has 1 aromatic heterocycles. The van der Waals surface area contributed by atoms with Crippen molar-refractivity contribution in [1.82, 2.24) is 25.8 Å². The zero-order valence-corrected chi connectivity index (χ0v) is 9.92. The molecular weight excluding hydrogens is 218 g/mol. The van der Waals surface area contributed by atoms with Crippen LogP contribution in [0.3, 0.4) is 0 Å². The molecule has 2 heterocycles. The van der Waals surface area contributed by atoms with Crippen molar-refractivity contribution < 1.29 is 4.79 Å². The van der Waals surface area contributed by atoms with Gasteiger partial charge < -0.3 is 10.6 Å². The highest BCUT2D eigenvalue weighted by Crippen LogP contribution is 2.07. The quantitative estimate of drug-likeness (QED) is 0.649. The number of nitrogens with zero attached hydrogens (tertiary/aromatic N) is 2. The molecule has 0 saturated heterocycles. The molecule has 0 bridgehead atoms. The van der Waals surface area contributed by atoms with Crippen molar-refractivity contribution in [3.8, 4) is 0 Å². The van der Waals surface area contributed by atoms with E-state index in [4.69, 9.17) is 0 Å². The average molecular weight is 235 g/mol. The Morgan fingerprint density at radius 2 is 2.47 bits per heavy atom. The third-order valence-electron chi connectivity index (χ3n) is 2.69. The molecule has 92 valence electrons. The summed E-state index contributed by atoms with van der Waals surface area (Å²) in [7, 11) is 0. The van der Waals surface area contributed by atoms with E-state index in [0.717, 1.165) is 25.9 Å². The number of carbonyl (C=O) groups excluding carboxylic acids is 1. The number of hydrogen-bond acceptors (Lipinski definition) is 4. The molecule has 17 heavy (non-hydrogen) atoms. The summed E-state index contributed by atoms with van der Waals surface area (Å²) in [5.41, 5.74) is 1.40. The topological polar surface area (TPSA) is 82.7 Å².